The first-order chi connectivity index (χ1) is 5.83. The van der Waals surface area contributed by atoms with Crippen LogP contribution in [0.2, 0.25) is 0 Å². The first kappa shape index (κ1) is 7.74. The van der Waals surface area contributed by atoms with Crippen molar-refractivity contribution in [2.45, 2.75) is 25.4 Å². The summed E-state index contributed by atoms with van der Waals surface area (Å²) in [4.78, 5) is 11.5. The molecular weight excluding hydrogens is 152 g/mol. The van der Waals surface area contributed by atoms with Gasteiger partial charge in [-0.3, -0.25) is 4.79 Å². The van der Waals surface area contributed by atoms with Gasteiger partial charge in [0.1, 0.15) is 6.10 Å². The Morgan fingerprint density at radius 3 is 3.08 bits per heavy atom. The van der Waals surface area contributed by atoms with Gasteiger partial charge in [0.15, 0.2) is 5.78 Å². The largest absolute Gasteiger partial charge is 0.373 e. The fraction of sp³-hybridized carbons (Fsp3) is 0.500. The summed E-state index contributed by atoms with van der Waals surface area (Å²) >= 11 is 0. The SMILES string of the molecule is COC1CC2=C(C=CCC2)C1=O. The van der Waals surface area contributed by atoms with Crippen LogP contribution in [0, 0.1) is 0 Å². The molecule has 2 nitrogen and oxygen atoms in total. The number of allylic oxidation sites excluding steroid dienone is 2. The average molecular weight is 164 g/mol. The molecule has 1 atom stereocenters. The number of hydrogen-bond donors (Lipinski definition) is 0. The second kappa shape index (κ2) is 2.87. The van der Waals surface area contributed by atoms with Crippen molar-refractivity contribution < 1.29 is 9.53 Å². The molecule has 2 aliphatic rings. The molecule has 2 heteroatoms. The molecule has 2 aliphatic carbocycles. The van der Waals surface area contributed by atoms with Gasteiger partial charge >= 0.3 is 0 Å². The lowest BCUT2D eigenvalue weighted by Gasteiger charge is -2.05. The van der Waals surface area contributed by atoms with Gasteiger partial charge in [0.05, 0.1) is 0 Å². The summed E-state index contributed by atoms with van der Waals surface area (Å²) in [7, 11) is 1.60. The molecule has 0 amide bonds. The Kier molecular flexibility index (Phi) is 1.85. The summed E-state index contributed by atoms with van der Waals surface area (Å²) in [5, 5.41) is 0. The van der Waals surface area contributed by atoms with Gasteiger partial charge in [-0.25, -0.2) is 0 Å². The van der Waals surface area contributed by atoms with E-state index < -0.39 is 0 Å². The molecule has 0 heterocycles. The quantitative estimate of drug-likeness (QED) is 0.588. The highest BCUT2D eigenvalue weighted by Gasteiger charge is 2.31. The van der Waals surface area contributed by atoms with Crippen LogP contribution in [-0.4, -0.2) is 19.0 Å². The Hall–Kier alpha value is -0.890. The van der Waals surface area contributed by atoms with Gasteiger partial charge in [-0.2, -0.15) is 0 Å². The van der Waals surface area contributed by atoms with Crippen molar-refractivity contribution in [1.29, 1.82) is 0 Å². The number of carbonyl (C=O) groups is 1. The second-order valence-corrected chi connectivity index (χ2v) is 3.25. The molecule has 0 fully saturated rings. The van der Waals surface area contributed by atoms with E-state index in [0.29, 0.717) is 0 Å². The van der Waals surface area contributed by atoms with Crippen molar-refractivity contribution in [3.8, 4) is 0 Å². The maximum Gasteiger partial charge on any atom is 0.191 e. The molecule has 64 valence electrons. The van der Waals surface area contributed by atoms with Crippen LogP contribution in [0.4, 0.5) is 0 Å². The van der Waals surface area contributed by atoms with Gasteiger partial charge in [-0.1, -0.05) is 17.7 Å². The molecule has 1 unspecified atom stereocenters. The van der Waals surface area contributed by atoms with Crippen molar-refractivity contribution in [2.75, 3.05) is 7.11 Å². The van der Waals surface area contributed by atoms with Crippen molar-refractivity contribution in [1.82, 2.24) is 0 Å². The standard InChI is InChI=1S/C10H12O2/c1-12-9-6-7-4-2-3-5-8(7)10(9)11/h3,5,9H,2,4,6H2,1H3. The minimum atomic E-state index is -0.197. The molecule has 0 aliphatic heterocycles. The number of rotatable bonds is 1. The predicted octanol–water partition coefficient (Wildman–Crippen LogP) is 1.62. The number of methoxy groups -OCH3 is 1. The monoisotopic (exact) mass is 164 g/mol. The summed E-state index contributed by atoms with van der Waals surface area (Å²) in [6.45, 7) is 0. The lowest BCUT2D eigenvalue weighted by Crippen LogP contribution is -2.17. The smallest absolute Gasteiger partial charge is 0.191 e. The molecule has 0 saturated carbocycles. The first-order valence-electron chi connectivity index (χ1n) is 4.28. The summed E-state index contributed by atoms with van der Waals surface area (Å²) in [5.74, 6) is 0.170. The maximum absolute atomic E-state index is 11.5. The van der Waals surface area contributed by atoms with Crippen LogP contribution in [0.15, 0.2) is 23.3 Å². The van der Waals surface area contributed by atoms with Gasteiger partial charge in [0, 0.05) is 19.1 Å². The van der Waals surface area contributed by atoms with Crippen LogP contribution in [0.5, 0.6) is 0 Å². The molecule has 2 rings (SSSR count). The molecule has 0 aromatic heterocycles. The zero-order valence-corrected chi connectivity index (χ0v) is 7.17. The van der Waals surface area contributed by atoms with Crippen LogP contribution in [0.1, 0.15) is 19.3 Å². The number of Topliss-reactive ketones (excluding diaryl/α,β-unsaturated/α-hetero) is 1. The van der Waals surface area contributed by atoms with Crippen molar-refractivity contribution in [3.63, 3.8) is 0 Å². The molecule has 0 spiro atoms. The van der Waals surface area contributed by atoms with Gasteiger partial charge < -0.3 is 4.74 Å². The van der Waals surface area contributed by atoms with Gasteiger partial charge in [0.2, 0.25) is 0 Å². The Labute approximate surface area is 71.9 Å². The van der Waals surface area contributed by atoms with Gasteiger partial charge in [-0.05, 0) is 12.8 Å². The molecule has 12 heavy (non-hydrogen) atoms. The van der Waals surface area contributed by atoms with Crippen molar-refractivity contribution >= 4 is 5.78 Å². The molecule has 0 radical (unpaired) electrons. The summed E-state index contributed by atoms with van der Waals surface area (Å²) in [5.41, 5.74) is 2.20. The minimum absolute atomic E-state index is 0.170. The van der Waals surface area contributed by atoms with E-state index >= 15 is 0 Å². The lowest BCUT2D eigenvalue weighted by molar-refractivity contribution is -0.123. The Balaban J connectivity index is 2.26. The summed E-state index contributed by atoms with van der Waals surface area (Å²) in [6.07, 6.45) is 6.74. The number of carbonyl (C=O) groups excluding carboxylic acids is 1. The predicted molar refractivity (Wildman–Crippen MR) is 45.8 cm³/mol. The summed E-state index contributed by atoms with van der Waals surface area (Å²) in [6, 6.07) is 0. The molecule has 0 aromatic carbocycles. The Morgan fingerprint density at radius 1 is 1.58 bits per heavy atom. The van der Waals surface area contributed by atoms with E-state index in [2.05, 4.69) is 6.08 Å². The molecule has 0 aromatic rings. The van der Waals surface area contributed by atoms with Crippen molar-refractivity contribution in [3.05, 3.63) is 23.3 Å². The van der Waals surface area contributed by atoms with Gasteiger partial charge in [-0.15, -0.1) is 0 Å². The van der Waals surface area contributed by atoms with Crippen LogP contribution in [-0.2, 0) is 9.53 Å². The molecular formula is C10H12O2. The highest BCUT2D eigenvalue weighted by atomic mass is 16.5. The normalized spacial score (nSPS) is 28.1. The number of ketones is 1. The molecule has 0 N–H and O–H groups in total. The van der Waals surface area contributed by atoms with Crippen LogP contribution in [0.25, 0.3) is 0 Å². The highest BCUT2D eigenvalue weighted by Crippen LogP contribution is 2.32. The fourth-order valence-corrected chi connectivity index (χ4v) is 1.86. The van der Waals surface area contributed by atoms with E-state index in [4.69, 9.17) is 4.74 Å². The molecule has 0 bridgehead atoms. The third kappa shape index (κ3) is 1.03. The van der Waals surface area contributed by atoms with Gasteiger partial charge in [0.25, 0.3) is 0 Å². The average Bonchev–Trinajstić information content (AvgIpc) is 2.44. The van der Waals surface area contributed by atoms with E-state index in [1.54, 1.807) is 7.11 Å². The van der Waals surface area contributed by atoms with E-state index in [1.165, 1.54) is 5.57 Å². The third-order valence-corrected chi connectivity index (χ3v) is 2.55. The third-order valence-electron chi connectivity index (χ3n) is 2.55. The van der Waals surface area contributed by atoms with Crippen LogP contribution >= 0.6 is 0 Å². The van der Waals surface area contributed by atoms with E-state index in [-0.39, 0.29) is 11.9 Å². The van der Waals surface area contributed by atoms with Crippen molar-refractivity contribution in [2.24, 2.45) is 0 Å². The fourth-order valence-electron chi connectivity index (χ4n) is 1.86. The van der Waals surface area contributed by atoms with Crippen LogP contribution in [0.3, 0.4) is 0 Å². The Bertz CT molecular complexity index is 274. The zero-order chi connectivity index (χ0) is 8.55. The highest BCUT2D eigenvalue weighted by molar-refractivity contribution is 6.04. The van der Waals surface area contributed by atoms with E-state index in [1.807, 2.05) is 6.08 Å². The topological polar surface area (TPSA) is 26.3 Å². The molecule has 0 saturated heterocycles. The van der Waals surface area contributed by atoms with Crippen LogP contribution < -0.4 is 0 Å². The zero-order valence-electron chi connectivity index (χ0n) is 7.17. The first-order valence-corrected chi connectivity index (χ1v) is 4.28. The lowest BCUT2D eigenvalue weighted by atomic mass is 10.0. The number of ether oxygens (including phenoxy) is 1. The minimum Gasteiger partial charge on any atom is -0.373 e. The van der Waals surface area contributed by atoms with E-state index in [0.717, 1.165) is 24.8 Å². The summed E-state index contributed by atoms with van der Waals surface area (Å²) < 4.78 is 5.09. The van der Waals surface area contributed by atoms with E-state index in [9.17, 15) is 4.79 Å². The Morgan fingerprint density at radius 2 is 2.42 bits per heavy atom. The maximum atomic E-state index is 11.5. The second-order valence-electron chi connectivity index (χ2n) is 3.25. The number of hydrogen-bond acceptors (Lipinski definition) is 2.